The molecule has 1 amide bonds. The molecule has 0 radical (unpaired) electrons. The van der Waals surface area contributed by atoms with E-state index in [1.165, 1.54) is 17.0 Å². The molecule has 1 saturated heterocycles. The average molecular weight is 259 g/mol. The maximum absolute atomic E-state index is 12.4. The summed E-state index contributed by atoms with van der Waals surface area (Å²) in [4.78, 5) is 12.4. The van der Waals surface area contributed by atoms with Crippen LogP contribution in [0, 0.1) is 0 Å². The monoisotopic (exact) mass is 259 g/mol. The zero-order chi connectivity index (χ0) is 13.2. The summed E-state index contributed by atoms with van der Waals surface area (Å²) in [5.41, 5.74) is -0.0459. The number of carbonyl (C=O) groups is 1. The van der Waals surface area contributed by atoms with E-state index in [2.05, 4.69) is 0 Å². The van der Waals surface area contributed by atoms with Crippen molar-refractivity contribution in [2.24, 2.45) is 0 Å². The van der Waals surface area contributed by atoms with Crippen LogP contribution in [0.25, 0.3) is 0 Å². The summed E-state index contributed by atoms with van der Waals surface area (Å²) in [5.74, 6) is 0. The summed E-state index contributed by atoms with van der Waals surface area (Å²) in [6.07, 6.45) is -3.64. The van der Waals surface area contributed by atoms with Crippen molar-refractivity contribution in [1.82, 2.24) is 4.90 Å². The summed E-state index contributed by atoms with van der Waals surface area (Å²) in [6, 6.07) is 4.51. The molecule has 0 aromatic heterocycles. The first-order valence-corrected chi connectivity index (χ1v) is 5.48. The van der Waals surface area contributed by atoms with Gasteiger partial charge in [-0.25, -0.2) is 0 Å². The van der Waals surface area contributed by atoms with Gasteiger partial charge in [-0.3, -0.25) is 4.79 Å². The third-order valence-electron chi connectivity index (χ3n) is 2.93. The van der Waals surface area contributed by atoms with Crippen molar-refractivity contribution in [2.75, 3.05) is 19.8 Å². The molecular formula is C12H12F3NO2. The Labute approximate surface area is 102 Å². The molecule has 18 heavy (non-hydrogen) atoms. The molecule has 0 unspecified atom stereocenters. The highest BCUT2D eigenvalue weighted by atomic mass is 19.4. The lowest BCUT2D eigenvalue weighted by Crippen LogP contribution is -2.38. The highest BCUT2D eigenvalue weighted by molar-refractivity contribution is 5.49. The largest absolute Gasteiger partial charge is 0.416 e. The third-order valence-corrected chi connectivity index (χ3v) is 2.93. The summed E-state index contributed by atoms with van der Waals surface area (Å²) in [7, 11) is 0. The molecule has 0 saturated carbocycles. The summed E-state index contributed by atoms with van der Waals surface area (Å²) in [5, 5.41) is 0. The smallest absolute Gasteiger partial charge is 0.377 e. The van der Waals surface area contributed by atoms with E-state index in [9.17, 15) is 18.0 Å². The Balaban J connectivity index is 2.20. The molecule has 6 heteroatoms. The van der Waals surface area contributed by atoms with E-state index in [0.717, 1.165) is 12.1 Å². The minimum atomic E-state index is -4.34. The molecular weight excluding hydrogens is 247 g/mol. The highest BCUT2D eigenvalue weighted by Crippen LogP contribution is 2.31. The van der Waals surface area contributed by atoms with Crippen LogP contribution >= 0.6 is 0 Å². The van der Waals surface area contributed by atoms with Crippen LogP contribution in [-0.4, -0.2) is 31.1 Å². The molecule has 0 spiro atoms. The third kappa shape index (κ3) is 2.64. The molecule has 1 fully saturated rings. The van der Waals surface area contributed by atoms with E-state index in [1.54, 1.807) is 0 Å². The summed E-state index contributed by atoms with van der Waals surface area (Å²) >= 11 is 0. The lowest BCUT2D eigenvalue weighted by molar-refractivity contribution is -0.137. The summed E-state index contributed by atoms with van der Waals surface area (Å²) in [6.45, 7) is 1.22. The lowest BCUT2D eigenvalue weighted by atomic mass is 10.0. The fourth-order valence-corrected chi connectivity index (χ4v) is 1.92. The van der Waals surface area contributed by atoms with Crippen LogP contribution in [-0.2, 0) is 15.7 Å². The van der Waals surface area contributed by atoms with Gasteiger partial charge in [-0.15, -0.1) is 0 Å². The Morgan fingerprint density at radius 3 is 2.50 bits per heavy atom. The minimum Gasteiger partial charge on any atom is -0.377 e. The predicted octanol–water partition coefficient (Wildman–Crippen LogP) is 2.24. The van der Waals surface area contributed by atoms with Gasteiger partial charge in [0.15, 0.2) is 0 Å². The van der Waals surface area contributed by atoms with E-state index >= 15 is 0 Å². The van der Waals surface area contributed by atoms with Gasteiger partial charge in [-0.05, 0) is 17.7 Å². The normalized spacial score (nSPS) is 20.8. The van der Waals surface area contributed by atoms with Crippen LogP contribution in [0.15, 0.2) is 24.3 Å². The fraction of sp³-hybridized carbons (Fsp3) is 0.417. The number of carbonyl (C=O) groups excluding carboxylic acids is 1. The van der Waals surface area contributed by atoms with Crippen molar-refractivity contribution in [3.05, 3.63) is 35.4 Å². The first kappa shape index (κ1) is 12.9. The number of rotatable bonds is 2. The van der Waals surface area contributed by atoms with E-state index < -0.39 is 11.7 Å². The molecule has 0 N–H and O–H groups in total. The van der Waals surface area contributed by atoms with Crippen LogP contribution in [0.2, 0.25) is 0 Å². The Morgan fingerprint density at radius 2 is 1.94 bits per heavy atom. The topological polar surface area (TPSA) is 29.5 Å². The molecule has 1 heterocycles. The average Bonchev–Trinajstić information content (AvgIpc) is 2.38. The molecule has 0 bridgehead atoms. The second-order valence-corrected chi connectivity index (χ2v) is 4.05. The quantitative estimate of drug-likeness (QED) is 0.762. The molecule has 0 aliphatic carbocycles. The molecule has 2 rings (SSSR count). The molecule has 1 aliphatic rings. The van der Waals surface area contributed by atoms with Crippen molar-refractivity contribution in [2.45, 2.75) is 12.2 Å². The molecule has 3 nitrogen and oxygen atoms in total. The van der Waals surface area contributed by atoms with Crippen molar-refractivity contribution in [3.8, 4) is 0 Å². The minimum absolute atomic E-state index is 0.307. The lowest BCUT2D eigenvalue weighted by Gasteiger charge is -2.33. The molecule has 98 valence electrons. The van der Waals surface area contributed by atoms with Gasteiger partial charge in [-0.1, -0.05) is 12.1 Å². The van der Waals surface area contributed by atoms with E-state index in [0.29, 0.717) is 31.7 Å². The number of benzene rings is 1. The maximum atomic E-state index is 12.4. The van der Waals surface area contributed by atoms with Crippen LogP contribution in [0.5, 0.6) is 0 Å². The SMILES string of the molecule is O=CN1CCOC[C@@H]1c1ccc(C(F)(F)F)cc1. The van der Waals surface area contributed by atoms with Crippen molar-refractivity contribution >= 4 is 6.41 Å². The number of hydrogen-bond donors (Lipinski definition) is 0. The van der Waals surface area contributed by atoms with Gasteiger partial charge >= 0.3 is 6.18 Å². The molecule has 1 aromatic rings. The number of halogens is 3. The van der Waals surface area contributed by atoms with E-state index in [-0.39, 0.29) is 6.04 Å². The first-order chi connectivity index (χ1) is 8.52. The Hall–Kier alpha value is -1.56. The number of hydrogen-bond acceptors (Lipinski definition) is 2. The molecule has 1 aromatic carbocycles. The van der Waals surface area contributed by atoms with Gasteiger partial charge in [0, 0.05) is 6.54 Å². The predicted molar refractivity (Wildman–Crippen MR) is 57.8 cm³/mol. The molecule has 1 atom stereocenters. The van der Waals surface area contributed by atoms with Gasteiger partial charge in [0.2, 0.25) is 6.41 Å². The van der Waals surface area contributed by atoms with Gasteiger partial charge in [0.05, 0.1) is 24.8 Å². The number of amides is 1. The van der Waals surface area contributed by atoms with Crippen LogP contribution in [0.4, 0.5) is 13.2 Å². The van der Waals surface area contributed by atoms with Crippen molar-refractivity contribution in [1.29, 1.82) is 0 Å². The number of morpholine rings is 1. The van der Waals surface area contributed by atoms with Gasteiger partial charge in [0.25, 0.3) is 0 Å². The van der Waals surface area contributed by atoms with Crippen molar-refractivity contribution in [3.63, 3.8) is 0 Å². The second-order valence-electron chi connectivity index (χ2n) is 4.05. The number of nitrogens with zero attached hydrogens (tertiary/aromatic N) is 1. The first-order valence-electron chi connectivity index (χ1n) is 5.48. The van der Waals surface area contributed by atoms with Crippen LogP contribution < -0.4 is 0 Å². The van der Waals surface area contributed by atoms with Crippen molar-refractivity contribution < 1.29 is 22.7 Å². The van der Waals surface area contributed by atoms with E-state index in [4.69, 9.17) is 4.74 Å². The highest BCUT2D eigenvalue weighted by Gasteiger charge is 2.31. The zero-order valence-electron chi connectivity index (χ0n) is 9.48. The summed E-state index contributed by atoms with van der Waals surface area (Å²) < 4.78 is 42.5. The van der Waals surface area contributed by atoms with Gasteiger partial charge in [0.1, 0.15) is 0 Å². The molecule has 1 aliphatic heterocycles. The van der Waals surface area contributed by atoms with Gasteiger partial charge < -0.3 is 9.64 Å². The Kier molecular flexibility index (Phi) is 3.56. The van der Waals surface area contributed by atoms with Gasteiger partial charge in [-0.2, -0.15) is 13.2 Å². The fourth-order valence-electron chi connectivity index (χ4n) is 1.92. The standard InChI is InChI=1S/C12H12F3NO2/c13-12(14,15)10-3-1-9(2-4-10)11-7-18-6-5-16(11)8-17/h1-4,8,11H,5-7H2/t11-/m1/s1. The van der Waals surface area contributed by atoms with Crippen LogP contribution in [0.3, 0.4) is 0 Å². The van der Waals surface area contributed by atoms with E-state index in [1.807, 2.05) is 0 Å². The number of ether oxygens (including phenoxy) is 1. The Bertz CT molecular complexity index is 416. The van der Waals surface area contributed by atoms with Crippen LogP contribution in [0.1, 0.15) is 17.2 Å². The maximum Gasteiger partial charge on any atom is 0.416 e. The Morgan fingerprint density at radius 1 is 1.28 bits per heavy atom. The second kappa shape index (κ2) is 4.97. The number of alkyl halides is 3. The zero-order valence-corrected chi connectivity index (χ0v) is 9.48.